The van der Waals surface area contributed by atoms with E-state index in [0.717, 1.165) is 6.42 Å². The van der Waals surface area contributed by atoms with E-state index in [4.69, 9.17) is 22.7 Å². The van der Waals surface area contributed by atoms with E-state index < -0.39 is 0 Å². The highest BCUT2D eigenvalue weighted by molar-refractivity contribution is 7.80. The smallest absolute Gasteiger partial charge is 0.248 e. The lowest BCUT2D eigenvalue weighted by Gasteiger charge is -2.21. The van der Waals surface area contributed by atoms with Crippen LogP contribution in [0.25, 0.3) is 0 Å². The molecule has 1 amide bonds. The number of hydrogen-bond acceptors (Lipinski definition) is 3. The first-order valence-electron chi connectivity index (χ1n) is 4.75. The van der Waals surface area contributed by atoms with Gasteiger partial charge in [0.25, 0.3) is 0 Å². The second kappa shape index (κ2) is 7.70. The van der Waals surface area contributed by atoms with E-state index >= 15 is 0 Å². The molecular formula is C9H18N2O2S. The van der Waals surface area contributed by atoms with Crippen molar-refractivity contribution in [3.05, 3.63) is 0 Å². The average molecular weight is 218 g/mol. The highest BCUT2D eigenvalue weighted by atomic mass is 32.1. The van der Waals surface area contributed by atoms with E-state index in [-0.39, 0.29) is 12.5 Å². The van der Waals surface area contributed by atoms with Gasteiger partial charge in [0.1, 0.15) is 6.61 Å². The van der Waals surface area contributed by atoms with Crippen LogP contribution in [-0.4, -0.2) is 42.1 Å². The fourth-order valence-corrected chi connectivity index (χ4v) is 1.19. The Labute approximate surface area is 90.4 Å². The standard InChI is InChI=1S/C9H18N2O2S/c1-3-5-11(6-8(10)14)9(12)7-13-4-2/h3-7H2,1-2H3,(H2,10,14). The van der Waals surface area contributed by atoms with Gasteiger partial charge in [-0.25, -0.2) is 0 Å². The van der Waals surface area contributed by atoms with E-state index in [0.29, 0.717) is 24.7 Å². The number of carbonyl (C=O) groups is 1. The summed E-state index contributed by atoms with van der Waals surface area (Å²) < 4.78 is 5.03. The molecule has 0 aromatic carbocycles. The maximum Gasteiger partial charge on any atom is 0.248 e. The van der Waals surface area contributed by atoms with Crippen molar-refractivity contribution in [3.8, 4) is 0 Å². The number of hydrogen-bond donors (Lipinski definition) is 1. The molecule has 0 heterocycles. The summed E-state index contributed by atoms with van der Waals surface area (Å²) in [7, 11) is 0. The van der Waals surface area contributed by atoms with Crippen LogP contribution in [0.5, 0.6) is 0 Å². The molecule has 0 aromatic rings. The lowest BCUT2D eigenvalue weighted by Crippen LogP contribution is -2.40. The normalized spacial score (nSPS) is 9.86. The number of amides is 1. The molecule has 2 N–H and O–H groups in total. The lowest BCUT2D eigenvalue weighted by molar-refractivity contribution is -0.135. The van der Waals surface area contributed by atoms with E-state index in [1.54, 1.807) is 4.90 Å². The lowest BCUT2D eigenvalue weighted by atomic mass is 10.4. The van der Waals surface area contributed by atoms with Gasteiger partial charge in [-0.15, -0.1) is 0 Å². The van der Waals surface area contributed by atoms with Crippen LogP contribution in [0.15, 0.2) is 0 Å². The Kier molecular flexibility index (Phi) is 7.32. The maximum absolute atomic E-state index is 11.5. The minimum atomic E-state index is -0.0542. The number of carbonyl (C=O) groups excluding carboxylic acids is 1. The highest BCUT2D eigenvalue weighted by Gasteiger charge is 2.12. The molecule has 0 atom stereocenters. The highest BCUT2D eigenvalue weighted by Crippen LogP contribution is 1.94. The zero-order valence-corrected chi connectivity index (χ0v) is 9.60. The first-order valence-corrected chi connectivity index (χ1v) is 5.16. The van der Waals surface area contributed by atoms with Crippen molar-refractivity contribution in [1.29, 1.82) is 0 Å². The predicted molar refractivity (Wildman–Crippen MR) is 60.1 cm³/mol. The Morgan fingerprint density at radius 2 is 2.14 bits per heavy atom. The fraction of sp³-hybridized carbons (Fsp3) is 0.778. The van der Waals surface area contributed by atoms with Crippen LogP contribution in [0.2, 0.25) is 0 Å². The molecule has 0 unspecified atom stereocenters. The van der Waals surface area contributed by atoms with E-state index in [1.807, 2.05) is 13.8 Å². The van der Waals surface area contributed by atoms with Crippen molar-refractivity contribution >= 4 is 23.1 Å². The number of rotatable bonds is 7. The molecule has 0 spiro atoms. The van der Waals surface area contributed by atoms with Crippen LogP contribution in [0.3, 0.4) is 0 Å². The van der Waals surface area contributed by atoms with Crippen molar-refractivity contribution < 1.29 is 9.53 Å². The third-order valence-corrected chi connectivity index (χ3v) is 1.75. The Bertz CT molecular complexity index is 197. The van der Waals surface area contributed by atoms with Crippen LogP contribution in [0.4, 0.5) is 0 Å². The van der Waals surface area contributed by atoms with E-state index in [1.165, 1.54) is 0 Å². The van der Waals surface area contributed by atoms with Crippen LogP contribution < -0.4 is 5.73 Å². The molecule has 5 heteroatoms. The number of ether oxygens (including phenoxy) is 1. The van der Waals surface area contributed by atoms with Gasteiger partial charge < -0.3 is 15.4 Å². The van der Waals surface area contributed by atoms with Crippen molar-refractivity contribution in [1.82, 2.24) is 4.90 Å². The van der Waals surface area contributed by atoms with Crippen LogP contribution in [0.1, 0.15) is 20.3 Å². The molecule has 0 aliphatic rings. The Morgan fingerprint density at radius 1 is 1.50 bits per heavy atom. The summed E-state index contributed by atoms with van der Waals surface area (Å²) >= 11 is 4.76. The molecule has 0 fully saturated rings. The number of nitrogens with two attached hydrogens (primary N) is 1. The van der Waals surface area contributed by atoms with Gasteiger partial charge >= 0.3 is 0 Å². The maximum atomic E-state index is 11.5. The van der Waals surface area contributed by atoms with Crippen LogP contribution >= 0.6 is 12.2 Å². The fourth-order valence-electron chi connectivity index (χ4n) is 1.03. The van der Waals surface area contributed by atoms with Crippen LogP contribution in [-0.2, 0) is 9.53 Å². The van der Waals surface area contributed by atoms with Gasteiger partial charge in [0.05, 0.1) is 11.5 Å². The summed E-state index contributed by atoms with van der Waals surface area (Å²) in [4.78, 5) is 13.5. The predicted octanol–water partition coefficient (Wildman–Crippen LogP) is 0.548. The van der Waals surface area contributed by atoms with Gasteiger partial charge in [-0.1, -0.05) is 19.1 Å². The minimum absolute atomic E-state index is 0.0542. The second-order valence-corrected chi connectivity index (χ2v) is 3.44. The van der Waals surface area contributed by atoms with Gasteiger partial charge in [-0.05, 0) is 13.3 Å². The third-order valence-electron chi connectivity index (χ3n) is 1.62. The van der Waals surface area contributed by atoms with Crippen molar-refractivity contribution in [3.63, 3.8) is 0 Å². The molecular weight excluding hydrogens is 200 g/mol. The van der Waals surface area contributed by atoms with E-state index in [9.17, 15) is 4.79 Å². The monoisotopic (exact) mass is 218 g/mol. The first-order chi connectivity index (χ1) is 6.61. The molecule has 0 saturated carbocycles. The van der Waals surface area contributed by atoms with Gasteiger partial charge in [0, 0.05) is 13.2 Å². The van der Waals surface area contributed by atoms with Gasteiger partial charge in [-0.3, -0.25) is 4.79 Å². The Morgan fingerprint density at radius 3 is 2.57 bits per heavy atom. The zero-order valence-electron chi connectivity index (χ0n) is 8.78. The minimum Gasteiger partial charge on any atom is -0.392 e. The zero-order chi connectivity index (χ0) is 11.0. The number of nitrogens with zero attached hydrogens (tertiary/aromatic N) is 1. The molecule has 0 radical (unpaired) electrons. The molecule has 0 aliphatic carbocycles. The Balaban J connectivity index is 4.03. The molecule has 0 rings (SSSR count). The van der Waals surface area contributed by atoms with Crippen molar-refractivity contribution in [2.75, 3.05) is 26.3 Å². The molecule has 0 bridgehead atoms. The van der Waals surface area contributed by atoms with Gasteiger partial charge in [0.15, 0.2) is 0 Å². The summed E-state index contributed by atoms with van der Waals surface area (Å²) in [5.74, 6) is -0.0542. The van der Waals surface area contributed by atoms with Crippen molar-refractivity contribution in [2.45, 2.75) is 20.3 Å². The summed E-state index contributed by atoms with van der Waals surface area (Å²) in [5.41, 5.74) is 5.39. The Hall–Kier alpha value is -0.680. The molecule has 0 aliphatic heterocycles. The molecule has 0 saturated heterocycles. The largest absolute Gasteiger partial charge is 0.392 e. The number of thiocarbonyl (C=S) groups is 1. The second-order valence-electron chi connectivity index (χ2n) is 2.92. The van der Waals surface area contributed by atoms with Gasteiger partial charge in [0.2, 0.25) is 5.91 Å². The van der Waals surface area contributed by atoms with Gasteiger partial charge in [-0.2, -0.15) is 0 Å². The van der Waals surface area contributed by atoms with E-state index in [2.05, 4.69) is 0 Å². The molecule has 0 aromatic heterocycles. The molecule has 14 heavy (non-hydrogen) atoms. The molecule has 4 nitrogen and oxygen atoms in total. The van der Waals surface area contributed by atoms with Crippen molar-refractivity contribution in [2.24, 2.45) is 5.73 Å². The topological polar surface area (TPSA) is 55.6 Å². The first kappa shape index (κ1) is 13.3. The summed E-state index contributed by atoms with van der Waals surface area (Å²) in [6.07, 6.45) is 0.889. The van der Waals surface area contributed by atoms with Crippen LogP contribution in [0, 0.1) is 0 Å². The molecule has 82 valence electrons. The summed E-state index contributed by atoms with van der Waals surface area (Å²) in [6, 6.07) is 0. The SMILES string of the molecule is CCCN(CC(N)=S)C(=O)COCC. The average Bonchev–Trinajstić information content (AvgIpc) is 2.13. The third kappa shape index (κ3) is 5.88. The quantitative estimate of drug-likeness (QED) is 0.634. The summed E-state index contributed by atoms with van der Waals surface area (Å²) in [5, 5.41) is 0. The summed E-state index contributed by atoms with van der Waals surface area (Å²) in [6.45, 7) is 5.52.